The van der Waals surface area contributed by atoms with Crippen LogP contribution < -0.4 is 0 Å². The van der Waals surface area contributed by atoms with Crippen molar-refractivity contribution in [2.24, 2.45) is 0 Å². The van der Waals surface area contributed by atoms with Gasteiger partial charge in [0.15, 0.2) is 0 Å². The number of phenolic OH excluding ortho intramolecular Hbond substituents is 1. The highest BCUT2D eigenvalue weighted by molar-refractivity contribution is 14.1. The largest absolute Gasteiger partial charge is 0.508 e. The van der Waals surface area contributed by atoms with Gasteiger partial charge in [0.25, 0.3) is 0 Å². The highest BCUT2D eigenvalue weighted by Gasteiger charge is 2.25. The predicted molar refractivity (Wildman–Crippen MR) is 88.2 cm³/mol. The van der Waals surface area contributed by atoms with Gasteiger partial charge in [-0.1, -0.05) is 0 Å². The summed E-state index contributed by atoms with van der Waals surface area (Å²) >= 11 is 3.93. The molecule has 1 N–H and O–H groups in total. The number of nitrogens with zero attached hydrogens (tertiary/aromatic N) is 1. The molecule has 2 rings (SSSR count). The Morgan fingerprint density at radius 2 is 2.15 bits per heavy atom. The van der Waals surface area contributed by atoms with Crippen LogP contribution in [0.15, 0.2) is 17.0 Å². The van der Waals surface area contributed by atoms with Crippen LogP contribution in [0.5, 0.6) is 5.75 Å². The van der Waals surface area contributed by atoms with Gasteiger partial charge in [0.05, 0.1) is 6.54 Å². The van der Waals surface area contributed by atoms with Crippen LogP contribution in [0.4, 0.5) is 4.79 Å². The Kier molecular flexibility index (Phi) is 4.73. The highest BCUT2D eigenvalue weighted by atomic mass is 127. The highest BCUT2D eigenvalue weighted by Crippen LogP contribution is 2.34. The number of hydrogen-bond donors (Lipinski definition) is 1. The molecule has 1 heterocycles. The van der Waals surface area contributed by atoms with E-state index < -0.39 is 5.60 Å². The lowest BCUT2D eigenvalue weighted by Gasteiger charge is -2.26. The molecule has 1 aromatic carbocycles. The zero-order valence-electron chi connectivity index (χ0n) is 11.8. The second-order valence-corrected chi connectivity index (χ2v) is 7.93. The third-order valence-corrected chi connectivity index (χ3v) is 5.10. The van der Waals surface area contributed by atoms with Gasteiger partial charge in [-0.25, -0.2) is 4.79 Å². The first kappa shape index (κ1) is 15.8. The lowest BCUT2D eigenvalue weighted by Crippen LogP contribution is -2.37. The topological polar surface area (TPSA) is 49.8 Å². The second-order valence-electron chi connectivity index (χ2n) is 5.67. The Hall–Kier alpha value is -0.630. The molecule has 6 heteroatoms. The molecule has 1 aliphatic heterocycles. The van der Waals surface area contributed by atoms with Crippen molar-refractivity contribution < 1.29 is 14.6 Å². The summed E-state index contributed by atoms with van der Waals surface area (Å²) in [7, 11) is 0. The zero-order valence-corrected chi connectivity index (χ0v) is 14.7. The van der Waals surface area contributed by atoms with Gasteiger partial charge >= 0.3 is 6.09 Å². The van der Waals surface area contributed by atoms with E-state index in [1.165, 1.54) is 0 Å². The quantitative estimate of drug-likeness (QED) is 0.664. The summed E-state index contributed by atoms with van der Waals surface area (Å²) in [5.41, 5.74) is 0.481. The van der Waals surface area contributed by atoms with E-state index in [1.54, 1.807) is 28.8 Å². The molecule has 0 fully saturated rings. The fourth-order valence-corrected chi connectivity index (χ4v) is 4.09. The SMILES string of the molecule is CC(C)(C)OC(=O)N1CCSc2c(I)cc(O)cc2C1. The molecule has 0 bridgehead atoms. The molecule has 0 saturated carbocycles. The van der Waals surface area contributed by atoms with Gasteiger partial charge < -0.3 is 14.7 Å². The minimum absolute atomic E-state index is 0.236. The summed E-state index contributed by atoms with van der Waals surface area (Å²) in [5.74, 6) is 1.06. The summed E-state index contributed by atoms with van der Waals surface area (Å²) < 4.78 is 6.44. The van der Waals surface area contributed by atoms with Gasteiger partial charge in [0, 0.05) is 20.8 Å². The molecule has 0 spiro atoms. The van der Waals surface area contributed by atoms with Crippen molar-refractivity contribution in [2.75, 3.05) is 12.3 Å². The first-order valence-corrected chi connectivity index (χ1v) is 8.45. The number of hydrogen-bond acceptors (Lipinski definition) is 4. The fourth-order valence-electron chi connectivity index (χ4n) is 1.94. The average Bonchev–Trinajstić information content (AvgIpc) is 2.48. The standard InChI is InChI=1S/C14H18INO3S/c1-14(2,3)19-13(18)16-4-5-20-12-9(8-16)6-10(17)7-11(12)15/h6-7,17H,4-5,8H2,1-3H3. The minimum atomic E-state index is -0.493. The molecule has 4 nitrogen and oxygen atoms in total. The van der Waals surface area contributed by atoms with E-state index in [0.717, 1.165) is 19.8 Å². The maximum atomic E-state index is 12.2. The lowest BCUT2D eigenvalue weighted by molar-refractivity contribution is 0.0246. The molecule has 1 aliphatic rings. The number of carbonyl (C=O) groups excluding carboxylic acids is 1. The molecule has 0 aliphatic carbocycles. The molecule has 0 aromatic heterocycles. The molecule has 0 unspecified atom stereocenters. The lowest BCUT2D eigenvalue weighted by atomic mass is 10.2. The van der Waals surface area contributed by atoms with Crippen molar-refractivity contribution >= 4 is 40.4 Å². The van der Waals surface area contributed by atoms with Crippen LogP contribution in [-0.4, -0.2) is 34.0 Å². The Labute approximate surface area is 137 Å². The summed E-state index contributed by atoms with van der Waals surface area (Å²) in [6, 6.07) is 3.47. The zero-order chi connectivity index (χ0) is 14.9. The number of phenols is 1. The van der Waals surface area contributed by atoms with E-state index in [0.29, 0.717) is 13.1 Å². The molecule has 0 radical (unpaired) electrons. The average molecular weight is 407 g/mol. The van der Waals surface area contributed by atoms with Crippen LogP contribution >= 0.6 is 34.4 Å². The number of amides is 1. The normalized spacial score (nSPS) is 15.5. The number of benzene rings is 1. The minimum Gasteiger partial charge on any atom is -0.508 e. The number of aromatic hydroxyl groups is 1. The van der Waals surface area contributed by atoms with E-state index in [9.17, 15) is 9.90 Å². The van der Waals surface area contributed by atoms with Crippen molar-refractivity contribution in [3.05, 3.63) is 21.3 Å². The van der Waals surface area contributed by atoms with Crippen molar-refractivity contribution in [1.29, 1.82) is 0 Å². The summed E-state index contributed by atoms with van der Waals surface area (Å²) in [5, 5.41) is 9.72. The predicted octanol–water partition coefficient (Wildman–Crippen LogP) is 3.84. The molecule has 110 valence electrons. The Morgan fingerprint density at radius 1 is 1.45 bits per heavy atom. The van der Waals surface area contributed by atoms with Crippen LogP contribution in [0.2, 0.25) is 0 Å². The number of rotatable bonds is 0. The molecule has 20 heavy (non-hydrogen) atoms. The Morgan fingerprint density at radius 3 is 2.80 bits per heavy atom. The summed E-state index contributed by atoms with van der Waals surface area (Å²) in [6.45, 7) is 6.70. The number of carbonyl (C=O) groups is 1. The maximum absolute atomic E-state index is 12.2. The summed E-state index contributed by atoms with van der Waals surface area (Å²) in [4.78, 5) is 15.0. The number of halogens is 1. The van der Waals surface area contributed by atoms with Crippen molar-refractivity contribution in [2.45, 2.75) is 37.8 Å². The fraction of sp³-hybridized carbons (Fsp3) is 0.500. The van der Waals surface area contributed by atoms with E-state index in [2.05, 4.69) is 22.6 Å². The van der Waals surface area contributed by atoms with Crippen molar-refractivity contribution in [3.63, 3.8) is 0 Å². The van der Waals surface area contributed by atoms with Crippen LogP contribution in [0, 0.1) is 3.57 Å². The van der Waals surface area contributed by atoms with Gasteiger partial charge in [-0.15, -0.1) is 11.8 Å². The molecule has 0 saturated heterocycles. The van der Waals surface area contributed by atoms with E-state index >= 15 is 0 Å². The smallest absolute Gasteiger partial charge is 0.410 e. The number of thioether (sulfide) groups is 1. The molecule has 1 aromatic rings. The van der Waals surface area contributed by atoms with Crippen LogP contribution in [0.1, 0.15) is 26.3 Å². The van der Waals surface area contributed by atoms with Crippen LogP contribution in [0.3, 0.4) is 0 Å². The molecular weight excluding hydrogens is 389 g/mol. The number of ether oxygens (including phenoxy) is 1. The van der Waals surface area contributed by atoms with Crippen molar-refractivity contribution in [1.82, 2.24) is 4.90 Å². The monoisotopic (exact) mass is 407 g/mol. The molecule has 0 atom stereocenters. The van der Waals surface area contributed by atoms with Crippen LogP contribution in [0.25, 0.3) is 0 Å². The van der Waals surface area contributed by atoms with Gasteiger partial charge in [-0.05, 0) is 61.1 Å². The van der Waals surface area contributed by atoms with Crippen molar-refractivity contribution in [3.8, 4) is 5.75 Å². The molecular formula is C14H18INO3S. The first-order chi connectivity index (χ1) is 9.26. The van der Waals surface area contributed by atoms with E-state index in [1.807, 2.05) is 20.8 Å². The third-order valence-electron chi connectivity index (χ3n) is 2.73. The van der Waals surface area contributed by atoms with Gasteiger partial charge in [0.2, 0.25) is 0 Å². The maximum Gasteiger partial charge on any atom is 0.410 e. The van der Waals surface area contributed by atoms with E-state index in [4.69, 9.17) is 4.74 Å². The number of fused-ring (bicyclic) bond motifs is 1. The van der Waals surface area contributed by atoms with Gasteiger partial charge in [-0.3, -0.25) is 0 Å². The second kappa shape index (κ2) is 6.01. The Bertz CT molecular complexity index is 528. The molecule has 1 amide bonds. The summed E-state index contributed by atoms with van der Waals surface area (Å²) in [6.07, 6.45) is -0.302. The van der Waals surface area contributed by atoms with Gasteiger partial charge in [0.1, 0.15) is 11.4 Å². The van der Waals surface area contributed by atoms with E-state index in [-0.39, 0.29) is 11.8 Å². The third kappa shape index (κ3) is 3.94. The first-order valence-electron chi connectivity index (χ1n) is 6.38. The van der Waals surface area contributed by atoms with Gasteiger partial charge in [-0.2, -0.15) is 0 Å². The van der Waals surface area contributed by atoms with Crippen LogP contribution in [-0.2, 0) is 11.3 Å². The Balaban J connectivity index is 2.22.